The Balaban J connectivity index is 1.54. The third kappa shape index (κ3) is 4.28. The van der Waals surface area contributed by atoms with Gasteiger partial charge in [0.15, 0.2) is 18.1 Å². The summed E-state index contributed by atoms with van der Waals surface area (Å²) in [6.07, 6.45) is 7.25. The van der Waals surface area contributed by atoms with Crippen molar-refractivity contribution in [3.63, 3.8) is 0 Å². The number of carbonyl (C=O) groups excluding carboxylic acids is 1. The summed E-state index contributed by atoms with van der Waals surface area (Å²) in [4.78, 5) is 12.0. The van der Waals surface area contributed by atoms with Crippen LogP contribution in [0.1, 0.15) is 55.7 Å². The van der Waals surface area contributed by atoms with E-state index in [1.165, 1.54) is 36.8 Å². The van der Waals surface area contributed by atoms with Crippen molar-refractivity contribution in [3.8, 4) is 11.5 Å². The molecule has 2 bridgehead atoms. The number of fused-ring (bicyclic) bond motifs is 1. The molecule has 0 radical (unpaired) electrons. The molecule has 33 heavy (non-hydrogen) atoms. The van der Waals surface area contributed by atoms with Gasteiger partial charge in [0.25, 0.3) is 0 Å². The van der Waals surface area contributed by atoms with Crippen LogP contribution in [0.15, 0.2) is 40.9 Å². The first-order chi connectivity index (χ1) is 16.1. The van der Waals surface area contributed by atoms with Crippen LogP contribution in [0.3, 0.4) is 0 Å². The highest BCUT2D eigenvalue weighted by Gasteiger charge is 2.52. The molecule has 1 saturated heterocycles. The Morgan fingerprint density at radius 3 is 2.85 bits per heavy atom. The number of nitrogens with one attached hydrogen (secondary N) is 1. The van der Waals surface area contributed by atoms with Crippen molar-refractivity contribution in [3.05, 3.63) is 57.6 Å². The standard InChI is InChI=1S/C27H32BrNO4/c1-2-31-24(30)17-33-26-23(32-16-18-8-4-3-5-9-18)15-21-19(25(26)28)14-22-20-10-6-7-11-27(20,21)12-13-29-22/h3-5,8-9,15,20,22,29H,2,6-7,10-14,16-17H2,1H3. The minimum atomic E-state index is -0.374. The number of benzene rings is 2. The molecule has 176 valence electrons. The van der Waals surface area contributed by atoms with E-state index in [2.05, 4.69) is 39.4 Å². The lowest BCUT2D eigenvalue weighted by molar-refractivity contribution is -0.145. The van der Waals surface area contributed by atoms with Gasteiger partial charge in [-0.3, -0.25) is 0 Å². The number of carbonyl (C=O) groups is 1. The minimum Gasteiger partial charge on any atom is -0.485 e. The Labute approximate surface area is 204 Å². The van der Waals surface area contributed by atoms with Gasteiger partial charge in [0, 0.05) is 11.5 Å². The lowest BCUT2D eigenvalue weighted by Crippen LogP contribution is -2.59. The lowest BCUT2D eigenvalue weighted by atomic mass is 9.53. The van der Waals surface area contributed by atoms with E-state index in [0.717, 1.165) is 29.4 Å². The van der Waals surface area contributed by atoms with Crippen molar-refractivity contribution in [1.82, 2.24) is 5.32 Å². The molecular weight excluding hydrogens is 482 g/mol. The van der Waals surface area contributed by atoms with Gasteiger partial charge in [0.2, 0.25) is 0 Å². The number of esters is 1. The molecule has 2 aromatic carbocycles. The summed E-state index contributed by atoms with van der Waals surface area (Å²) >= 11 is 3.87. The fraction of sp³-hybridized carbons (Fsp3) is 0.519. The molecule has 5 nitrogen and oxygen atoms in total. The highest BCUT2D eigenvalue weighted by Crippen LogP contribution is 2.57. The van der Waals surface area contributed by atoms with Crippen LogP contribution in [-0.4, -0.2) is 31.8 Å². The van der Waals surface area contributed by atoms with Crippen LogP contribution in [0.4, 0.5) is 0 Å². The first kappa shape index (κ1) is 22.7. The van der Waals surface area contributed by atoms with Crippen LogP contribution in [0, 0.1) is 5.92 Å². The first-order valence-corrected chi connectivity index (χ1v) is 13.0. The highest BCUT2D eigenvalue weighted by atomic mass is 79.9. The summed E-state index contributed by atoms with van der Waals surface area (Å²) in [5.41, 5.74) is 4.02. The van der Waals surface area contributed by atoms with Gasteiger partial charge in [0.05, 0.1) is 11.1 Å². The third-order valence-electron chi connectivity index (χ3n) is 7.69. The molecule has 2 fully saturated rings. The second-order valence-corrected chi connectivity index (χ2v) is 10.2. The molecule has 1 aliphatic heterocycles. The molecule has 2 aliphatic carbocycles. The third-order valence-corrected chi connectivity index (χ3v) is 8.53. The number of rotatable bonds is 7. The molecule has 2 aromatic rings. The van der Waals surface area contributed by atoms with E-state index in [0.29, 0.717) is 36.7 Å². The second-order valence-electron chi connectivity index (χ2n) is 9.44. The average Bonchev–Trinajstić information content (AvgIpc) is 2.83. The van der Waals surface area contributed by atoms with Gasteiger partial charge in [0.1, 0.15) is 6.61 Å². The maximum atomic E-state index is 12.0. The largest absolute Gasteiger partial charge is 0.485 e. The minimum absolute atomic E-state index is 0.137. The smallest absolute Gasteiger partial charge is 0.344 e. The lowest BCUT2D eigenvalue weighted by Gasteiger charge is -2.56. The van der Waals surface area contributed by atoms with Crippen molar-refractivity contribution in [2.24, 2.45) is 5.92 Å². The first-order valence-electron chi connectivity index (χ1n) is 12.2. The summed E-state index contributed by atoms with van der Waals surface area (Å²) in [5.74, 6) is 1.60. The van der Waals surface area contributed by atoms with E-state index in [4.69, 9.17) is 14.2 Å². The van der Waals surface area contributed by atoms with E-state index in [9.17, 15) is 4.79 Å². The molecule has 1 N–H and O–H groups in total. The summed E-state index contributed by atoms with van der Waals surface area (Å²) in [6, 6.07) is 12.9. The highest BCUT2D eigenvalue weighted by molar-refractivity contribution is 9.10. The summed E-state index contributed by atoms with van der Waals surface area (Å²) in [7, 11) is 0. The Morgan fingerprint density at radius 1 is 1.18 bits per heavy atom. The van der Waals surface area contributed by atoms with Crippen LogP contribution in [0.2, 0.25) is 0 Å². The van der Waals surface area contributed by atoms with Crippen molar-refractivity contribution in [1.29, 1.82) is 0 Å². The van der Waals surface area contributed by atoms with Gasteiger partial charge in [-0.1, -0.05) is 43.2 Å². The molecule has 3 atom stereocenters. The Bertz CT molecular complexity index is 1010. The van der Waals surface area contributed by atoms with Crippen LogP contribution in [0.5, 0.6) is 11.5 Å². The van der Waals surface area contributed by atoms with Crippen LogP contribution in [-0.2, 0) is 28.0 Å². The van der Waals surface area contributed by atoms with Gasteiger partial charge in [-0.05, 0) is 83.8 Å². The predicted octanol–water partition coefficient (Wildman–Crippen LogP) is 5.32. The van der Waals surface area contributed by atoms with Crippen LogP contribution in [0.25, 0.3) is 0 Å². The molecule has 1 saturated carbocycles. The van der Waals surface area contributed by atoms with Gasteiger partial charge in [-0.25, -0.2) is 4.79 Å². The molecule has 0 amide bonds. The maximum Gasteiger partial charge on any atom is 0.344 e. The quantitative estimate of drug-likeness (QED) is 0.508. The molecular formula is C27H32BrNO4. The monoisotopic (exact) mass is 513 g/mol. The molecule has 1 heterocycles. The van der Waals surface area contributed by atoms with Crippen LogP contribution >= 0.6 is 15.9 Å². The number of halogens is 1. The number of hydrogen-bond donors (Lipinski definition) is 1. The predicted molar refractivity (Wildman–Crippen MR) is 131 cm³/mol. The average molecular weight is 514 g/mol. The van der Waals surface area contributed by atoms with Crippen molar-refractivity contribution in [2.45, 2.75) is 63.5 Å². The van der Waals surface area contributed by atoms with Gasteiger partial charge in [-0.2, -0.15) is 0 Å². The van der Waals surface area contributed by atoms with E-state index in [1.54, 1.807) is 6.92 Å². The molecule has 0 spiro atoms. The summed E-state index contributed by atoms with van der Waals surface area (Å²) in [6.45, 7) is 3.51. The second kappa shape index (κ2) is 9.67. The van der Waals surface area contributed by atoms with Crippen LogP contribution < -0.4 is 14.8 Å². The Morgan fingerprint density at radius 2 is 2.03 bits per heavy atom. The van der Waals surface area contributed by atoms with Gasteiger partial charge < -0.3 is 19.5 Å². The zero-order chi connectivity index (χ0) is 22.8. The van der Waals surface area contributed by atoms with Crippen molar-refractivity contribution < 1.29 is 19.0 Å². The van der Waals surface area contributed by atoms with Crippen molar-refractivity contribution >= 4 is 21.9 Å². The molecule has 5 rings (SSSR count). The fourth-order valence-corrected chi connectivity index (χ4v) is 6.98. The van der Waals surface area contributed by atoms with Crippen molar-refractivity contribution in [2.75, 3.05) is 19.8 Å². The molecule has 6 heteroatoms. The number of ether oxygens (including phenoxy) is 3. The SMILES string of the molecule is CCOC(=O)COc1c(OCc2ccccc2)cc2c(c1Br)CC1NCCC23CCCCC13. The maximum absolute atomic E-state index is 12.0. The van der Waals surface area contributed by atoms with E-state index >= 15 is 0 Å². The Hall–Kier alpha value is -2.05. The zero-order valence-electron chi connectivity index (χ0n) is 19.2. The topological polar surface area (TPSA) is 56.8 Å². The Kier molecular flexibility index (Phi) is 6.66. The van der Waals surface area contributed by atoms with Gasteiger partial charge in [-0.15, -0.1) is 0 Å². The fourth-order valence-electron chi connectivity index (χ4n) is 6.29. The van der Waals surface area contributed by atoms with E-state index in [1.807, 2.05) is 18.2 Å². The number of hydrogen-bond acceptors (Lipinski definition) is 5. The molecule has 3 aliphatic rings. The van der Waals surface area contributed by atoms with E-state index < -0.39 is 0 Å². The summed E-state index contributed by atoms with van der Waals surface area (Å²) in [5, 5.41) is 3.79. The van der Waals surface area contributed by atoms with E-state index in [-0.39, 0.29) is 18.0 Å². The van der Waals surface area contributed by atoms with Gasteiger partial charge >= 0.3 is 5.97 Å². The number of piperidine rings is 1. The molecule has 0 aromatic heterocycles. The summed E-state index contributed by atoms with van der Waals surface area (Å²) < 4.78 is 18.4. The molecule has 3 unspecified atom stereocenters. The zero-order valence-corrected chi connectivity index (χ0v) is 20.8. The normalized spacial score (nSPS) is 25.5.